The zero-order valence-corrected chi connectivity index (χ0v) is 16.9. The minimum absolute atomic E-state index is 0.0197. The van der Waals surface area contributed by atoms with Crippen molar-refractivity contribution < 1.29 is 35.9 Å². The number of rotatable bonds is 7. The van der Waals surface area contributed by atoms with Gasteiger partial charge in [-0.2, -0.15) is 0 Å². The van der Waals surface area contributed by atoms with Crippen LogP contribution in [-0.4, -0.2) is 41.3 Å². The van der Waals surface area contributed by atoms with Gasteiger partial charge >= 0.3 is 0 Å². The molecule has 158 valence electrons. The lowest BCUT2D eigenvalue weighted by Crippen LogP contribution is -2.31. The van der Waals surface area contributed by atoms with Crippen LogP contribution in [-0.2, 0) is 10.0 Å². The predicted molar refractivity (Wildman–Crippen MR) is 102 cm³/mol. The standard InChI is InChI=1S/C18H19F3N2O5S/c1-5-23(29(4,25)26)13-9-15(28-3)14(27-2)8-10(13)18(24)22-12-7-6-11(19)16(20)17(12)21/h6-9H,5H2,1-4H3,(H,22,24). The fourth-order valence-corrected chi connectivity index (χ4v) is 3.63. The van der Waals surface area contributed by atoms with Crippen LogP contribution in [0.1, 0.15) is 17.3 Å². The molecule has 0 aliphatic carbocycles. The molecule has 11 heteroatoms. The molecule has 0 spiro atoms. The van der Waals surface area contributed by atoms with E-state index in [1.165, 1.54) is 26.4 Å². The number of nitrogens with zero attached hydrogens (tertiary/aromatic N) is 1. The van der Waals surface area contributed by atoms with Crippen LogP contribution < -0.4 is 19.1 Å². The average Bonchev–Trinajstić information content (AvgIpc) is 2.67. The highest BCUT2D eigenvalue weighted by Crippen LogP contribution is 2.36. The van der Waals surface area contributed by atoms with Gasteiger partial charge in [-0.05, 0) is 25.1 Å². The highest BCUT2D eigenvalue weighted by atomic mass is 32.2. The summed E-state index contributed by atoms with van der Waals surface area (Å²) in [6.07, 6.45) is 0.948. The first-order chi connectivity index (χ1) is 13.5. The number of hydrogen-bond acceptors (Lipinski definition) is 5. The molecule has 0 atom stereocenters. The van der Waals surface area contributed by atoms with Crippen molar-refractivity contribution in [2.75, 3.05) is 36.6 Å². The summed E-state index contributed by atoms with van der Waals surface area (Å²) in [5.74, 6) is -5.45. The molecule has 0 heterocycles. The summed E-state index contributed by atoms with van der Waals surface area (Å²) < 4.78 is 76.0. The Morgan fingerprint density at radius 2 is 1.66 bits per heavy atom. The normalized spacial score (nSPS) is 11.1. The number of nitrogens with one attached hydrogen (secondary N) is 1. The molecule has 2 aromatic rings. The van der Waals surface area contributed by atoms with Gasteiger partial charge in [0.15, 0.2) is 29.0 Å². The molecule has 2 rings (SSSR count). The second-order valence-electron chi connectivity index (χ2n) is 5.83. The van der Waals surface area contributed by atoms with Crippen LogP contribution in [0, 0.1) is 17.5 Å². The molecule has 0 fully saturated rings. The summed E-state index contributed by atoms with van der Waals surface area (Å²) in [6, 6.07) is 3.98. The number of methoxy groups -OCH3 is 2. The Kier molecular flexibility index (Phi) is 6.62. The van der Waals surface area contributed by atoms with Crippen LogP contribution >= 0.6 is 0 Å². The molecule has 1 N–H and O–H groups in total. The number of carbonyl (C=O) groups excluding carboxylic acids is 1. The van der Waals surface area contributed by atoms with Crippen molar-refractivity contribution in [1.29, 1.82) is 0 Å². The number of anilines is 2. The van der Waals surface area contributed by atoms with Gasteiger partial charge in [0, 0.05) is 12.6 Å². The SMILES string of the molecule is CCN(c1cc(OC)c(OC)cc1C(=O)Nc1ccc(F)c(F)c1F)S(C)(=O)=O. The third-order valence-electron chi connectivity index (χ3n) is 3.99. The Hall–Kier alpha value is -2.95. The smallest absolute Gasteiger partial charge is 0.258 e. The minimum Gasteiger partial charge on any atom is -0.493 e. The Bertz CT molecular complexity index is 1040. The molecule has 0 unspecified atom stereocenters. The highest BCUT2D eigenvalue weighted by Gasteiger charge is 2.26. The van der Waals surface area contributed by atoms with Gasteiger partial charge in [0.2, 0.25) is 10.0 Å². The molecule has 1 amide bonds. The second kappa shape index (κ2) is 8.60. The summed E-state index contributed by atoms with van der Waals surface area (Å²) >= 11 is 0. The number of sulfonamides is 1. The Labute approximate surface area is 166 Å². The van der Waals surface area contributed by atoms with E-state index in [9.17, 15) is 26.4 Å². The molecule has 0 saturated carbocycles. The van der Waals surface area contributed by atoms with Crippen molar-refractivity contribution in [3.8, 4) is 11.5 Å². The molecule has 0 radical (unpaired) electrons. The van der Waals surface area contributed by atoms with Gasteiger partial charge in [0.25, 0.3) is 5.91 Å². The van der Waals surface area contributed by atoms with Gasteiger partial charge in [-0.1, -0.05) is 0 Å². The summed E-state index contributed by atoms with van der Waals surface area (Å²) in [6.45, 7) is 1.53. The van der Waals surface area contributed by atoms with Crippen LogP contribution in [0.15, 0.2) is 24.3 Å². The Balaban J connectivity index is 2.63. The first kappa shape index (κ1) is 22.3. The van der Waals surface area contributed by atoms with Crippen LogP contribution in [0.4, 0.5) is 24.5 Å². The van der Waals surface area contributed by atoms with Crippen LogP contribution in [0.3, 0.4) is 0 Å². The maximum atomic E-state index is 13.9. The van der Waals surface area contributed by atoms with Crippen molar-refractivity contribution in [3.05, 3.63) is 47.3 Å². The van der Waals surface area contributed by atoms with E-state index in [0.29, 0.717) is 6.07 Å². The Morgan fingerprint density at radius 3 is 2.17 bits per heavy atom. The highest BCUT2D eigenvalue weighted by molar-refractivity contribution is 7.92. The number of halogens is 3. The largest absolute Gasteiger partial charge is 0.493 e. The number of ether oxygens (including phenoxy) is 2. The zero-order chi connectivity index (χ0) is 21.9. The zero-order valence-electron chi connectivity index (χ0n) is 16.0. The molecule has 7 nitrogen and oxygen atoms in total. The van der Waals surface area contributed by atoms with Gasteiger partial charge in [-0.25, -0.2) is 21.6 Å². The van der Waals surface area contributed by atoms with Crippen LogP contribution in [0.2, 0.25) is 0 Å². The second-order valence-corrected chi connectivity index (χ2v) is 7.74. The van der Waals surface area contributed by atoms with Crippen molar-refractivity contribution in [2.45, 2.75) is 6.92 Å². The molecule has 0 aliphatic rings. The van der Waals surface area contributed by atoms with Crippen molar-refractivity contribution >= 4 is 27.3 Å². The van der Waals surface area contributed by atoms with Gasteiger partial charge in [-0.15, -0.1) is 0 Å². The van der Waals surface area contributed by atoms with E-state index in [-0.39, 0.29) is 29.3 Å². The van der Waals surface area contributed by atoms with Crippen LogP contribution in [0.25, 0.3) is 0 Å². The number of carbonyl (C=O) groups is 1. The molecule has 29 heavy (non-hydrogen) atoms. The molecular weight excluding hydrogens is 413 g/mol. The topological polar surface area (TPSA) is 84.9 Å². The Morgan fingerprint density at radius 1 is 1.07 bits per heavy atom. The lowest BCUT2D eigenvalue weighted by atomic mass is 10.1. The van der Waals surface area contributed by atoms with E-state index in [0.717, 1.165) is 16.6 Å². The lowest BCUT2D eigenvalue weighted by Gasteiger charge is -2.24. The number of benzene rings is 2. The van der Waals surface area contributed by atoms with Crippen molar-refractivity contribution in [3.63, 3.8) is 0 Å². The van der Waals surface area contributed by atoms with Gasteiger partial charge in [0.05, 0.1) is 37.4 Å². The number of amides is 1. The fourth-order valence-electron chi connectivity index (χ4n) is 2.65. The molecule has 2 aromatic carbocycles. The van der Waals surface area contributed by atoms with Gasteiger partial charge < -0.3 is 14.8 Å². The third-order valence-corrected chi connectivity index (χ3v) is 5.24. The molecular formula is C18H19F3N2O5S. The first-order valence-electron chi connectivity index (χ1n) is 8.23. The summed E-state index contributed by atoms with van der Waals surface area (Å²) in [5.41, 5.74) is -0.885. The van der Waals surface area contributed by atoms with Gasteiger partial charge in [-0.3, -0.25) is 9.10 Å². The molecule has 0 aromatic heterocycles. The van der Waals surface area contributed by atoms with E-state index in [4.69, 9.17) is 9.47 Å². The van der Waals surface area contributed by atoms with E-state index in [1.807, 2.05) is 0 Å². The van der Waals surface area contributed by atoms with Gasteiger partial charge in [0.1, 0.15) is 0 Å². The number of hydrogen-bond donors (Lipinski definition) is 1. The quantitative estimate of drug-likeness (QED) is 0.680. The predicted octanol–water partition coefficient (Wildman–Crippen LogP) is 3.16. The summed E-state index contributed by atoms with van der Waals surface area (Å²) in [5, 5.41) is 2.12. The molecule has 0 aliphatic heterocycles. The fraction of sp³-hybridized carbons (Fsp3) is 0.278. The van der Waals surface area contributed by atoms with E-state index < -0.39 is 39.1 Å². The minimum atomic E-state index is -3.79. The van der Waals surface area contributed by atoms with Crippen molar-refractivity contribution in [1.82, 2.24) is 0 Å². The van der Waals surface area contributed by atoms with Crippen molar-refractivity contribution in [2.24, 2.45) is 0 Å². The average molecular weight is 432 g/mol. The summed E-state index contributed by atoms with van der Waals surface area (Å²) in [7, 11) is -1.15. The maximum Gasteiger partial charge on any atom is 0.258 e. The van der Waals surface area contributed by atoms with E-state index in [2.05, 4.69) is 5.32 Å². The van der Waals surface area contributed by atoms with E-state index in [1.54, 1.807) is 6.92 Å². The maximum absolute atomic E-state index is 13.9. The van der Waals surface area contributed by atoms with Crippen LogP contribution in [0.5, 0.6) is 11.5 Å². The van der Waals surface area contributed by atoms with E-state index >= 15 is 0 Å². The monoisotopic (exact) mass is 432 g/mol. The third kappa shape index (κ3) is 4.56. The molecule has 0 saturated heterocycles. The lowest BCUT2D eigenvalue weighted by molar-refractivity contribution is 0.102. The molecule has 0 bridgehead atoms. The first-order valence-corrected chi connectivity index (χ1v) is 10.1. The summed E-state index contributed by atoms with van der Waals surface area (Å²) in [4.78, 5) is 12.8.